The van der Waals surface area contributed by atoms with Crippen molar-refractivity contribution in [3.8, 4) is 0 Å². The smallest absolute Gasteiger partial charge is 0.257 e. The topological polar surface area (TPSA) is 41.1 Å². The van der Waals surface area contributed by atoms with Gasteiger partial charge in [0, 0.05) is 18.4 Å². The fourth-order valence-corrected chi connectivity index (χ4v) is 1.92. The fourth-order valence-electron chi connectivity index (χ4n) is 1.92. The molecule has 2 rings (SSSR count). The summed E-state index contributed by atoms with van der Waals surface area (Å²) in [6.45, 7) is 4.09. The van der Waals surface area contributed by atoms with Crippen molar-refractivity contribution in [1.82, 2.24) is 0 Å². The highest BCUT2D eigenvalue weighted by atomic mass is 16.1. The third-order valence-corrected chi connectivity index (χ3v) is 3.21. The third-order valence-electron chi connectivity index (χ3n) is 3.21. The third kappa shape index (κ3) is 2.94. The first-order valence-corrected chi connectivity index (χ1v) is 6.27. The first kappa shape index (κ1) is 13.1. The standard InChI is InChI=1S/C16H18N2O/c1-11-8-9-13(10-12(11)2)18-16(19)14-6-4-5-7-15(14)17-3/h4-10,17H,1-3H3,(H,18,19). The number of carbonyl (C=O) groups is 1. The lowest BCUT2D eigenvalue weighted by molar-refractivity contribution is 0.102. The average Bonchev–Trinajstić information content (AvgIpc) is 2.43. The number of carbonyl (C=O) groups excluding carboxylic acids is 1. The van der Waals surface area contributed by atoms with Crippen LogP contribution < -0.4 is 10.6 Å². The molecule has 2 aromatic carbocycles. The first-order valence-electron chi connectivity index (χ1n) is 6.27. The molecule has 3 heteroatoms. The Hall–Kier alpha value is -2.29. The number of rotatable bonds is 3. The van der Waals surface area contributed by atoms with Crippen molar-refractivity contribution in [1.29, 1.82) is 0 Å². The molecule has 1 amide bonds. The molecule has 0 aliphatic carbocycles. The Morgan fingerprint density at radius 2 is 1.74 bits per heavy atom. The number of para-hydroxylation sites is 1. The van der Waals surface area contributed by atoms with Crippen molar-refractivity contribution >= 4 is 17.3 Å². The van der Waals surface area contributed by atoms with Gasteiger partial charge in [-0.05, 0) is 49.2 Å². The van der Waals surface area contributed by atoms with E-state index in [4.69, 9.17) is 0 Å². The maximum atomic E-state index is 12.2. The van der Waals surface area contributed by atoms with E-state index in [9.17, 15) is 4.79 Å². The quantitative estimate of drug-likeness (QED) is 0.878. The Balaban J connectivity index is 2.23. The molecule has 2 aromatic rings. The highest BCUT2D eigenvalue weighted by Gasteiger charge is 2.10. The van der Waals surface area contributed by atoms with Crippen LogP contribution in [0.15, 0.2) is 42.5 Å². The van der Waals surface area contributed by atoms with Crippen LogP contribution in [-0.4, -0.2) is 13.0 Å². The summed E-state index contributed by atoms with van der Waals surface area (Å²) in [7, 11) is 1.81. The van der Waals surface area contributed by atoms with E-state index in [0.29, 0.717) is 5.56 Å². The molecular weight excluding hydrogens is 236 g/mol. The minimum absolute atomic E-state index is 0.104. The van der Waals surface area contributed by atoms with Gasteiger partial charge in [-0.15, -0.1) is 0 Å². The van der Waals surface area contributed by atoms with Gasteiger partial charge in [-0.1, -0.05) is 18.2 Å². The largest absolute Gasteiger partial charge is 0.387 e. The van der Waals surface area contributed by atoms with E-state index in [-0.39, 0.29) is 5.91 Å². The Labute approximate surface area is 113 Å². The van der Waals surface area contributed by atoms with Crippen LogP contribution in [0, 0.1) is 13.8 Å². The van der Waals surface area contributed by atoms with Crippen molar-refractivity contribution in [3.63, 3.8) is 0 Å². The van der Waals surface area contributed by atoms with E-state index in [1.165, 1.54) is 11.1 Å². The van der Waals surface area contributed by atoms with Crippen molar-refractivity contribution in [2.24, 2.45) is 0 Å². The minimum atomic E-state index is -0.104. The fraction of sp³-hybridized carbons (Fsp3) is 0.188. The normalized spacial score (nSPS) is 10.1. The van der Waals surface area contributed by atoms with E-state index < -0.39 is 0 Å². The number of nitrogens with one attached hydrogen (secondary N) is 2. The highest BCUT2D eigenvalue weighted by Crippen LogP contribution is 2.18. The number of amides is 1. The molecule has 2 N–H and O–H groups in total. The summed E-state index contributed by atoms with van der Waals surface area (Å²) >= 11 is 0. The van der Waals surface area contributed by atoms with Crippen LogP contribution in [0.25, 0.3) is 0 Å². The van der Waals surface area contributed by atoms with Gasteiger partial charge >= 0.3 is 0 Å². The van der Waals surface area contributed by atoms with E-state index in [1.54, 1.807) is 0 Å². The van der Waals surface area contributed by atoms with Gasteiger partial charge < -0.3 is 10.6 Å². The Bertz CT molecular complexity index is 605. The lowest BCUT2D eigenvalue weighted by atomic mass is 10.1. The Morgan fingerprint density at radius 3 is 2.42 bits per heavy atom. The van der Waals surface area contributed by atoms with Gasteiger partial charge in [-0.2, -0.15) is 0 Å². The molecule has 98 valence electrons. The van der Waals surface area contributed by atoms with Gasteiger partial charge in [-0.3, -0.25) is 4.79 Å². The predicted molar refractivity (Wildman–Crippen MR) is 79.9 cm³/mol. The van der Waals surface area contributed by atoms with E-state index in [1.807, 2.05) is 56.4 Å². The van der Waals surface area contributed by atoms with Crippen LogP contribution in [0.4, 0.5) is 11.4 Å². The summed E-state index contributed by atoms with van der Waals surface area (Å²) in [6.07, 6.45) is 0. The zero-order valence-electron chi connectivity index (χ0n) is 11.4. The Kier molecular flexibility index (Phi) is 3.85. The molecule has 0 fully saturated rings. The molecule has 0 heterocycles. The van der Waals surface area contributed by atoms with Gasteiger partial charge in [0.25, 0.3) is 5.91 Å². The second-order valence-corrected chi connectivity index (χ2v) is 4.55. The molecule has 0 saturated carbocycles. The van der Waals surface area contributed by atoms with Gasteiger partial charge in [0.15, 0.2) is 0 Å². The van der Waals surface area contributed by atoms with Crippen LogP contribution >= 0.6 is 0 Å². The zero-order chi connectivity index (χ0) is 13.8. The molecular formula is C16H18N2O. The molecule has 0 aliphatic rings. The maximum Gasteiger partial charge on any atom is 0.257 e. The van der Waals surface area contributed by atoms with Crippen molar-refractivity contribution < 1.29 is 4.79 Å². The molecule has 0 aliphatic heterocycles. The van der Waals surface area contributed by atoms with Crippen LogP contribution in [0.2, 0.25) is 0 Å². The number of benzene rings is 2. The lowest BCUT2D eigenvalue weighted by Gasteiger charge is -2.10. The van der Waals surface area contributed by atoms with E-state index >= 15 is 0 Å². The summed E-state index contributed by atoms with van der Waals surface area (Å²) in [5, 5.41) is 5.94. The molecule has 0 atom stereocenters. The molecule has 0 unspecified atom stereocenters. The second-order valence-electron chi connectivity index (χ2n) is 4.55. The molecule has 3 nitrogen and oxygen atoms in total. The second kappa shape index (κ2) is 5.57. The van der Waals surface area contributed by atoms with Crippen molar-refractivity contribution in [2.75, 3.05) is 17.7 Å². The molecule has 0 bridgehead atoms. The predicted octanol–water partition coefficient (Wildman–Crippen LogP) is 3.60. The number of anilines is 2. The van der Waals surface area contributed by atoms with Crippen LogP contribution in [-0.2, 0) is 0 Å². The SMILES string of the molecule is CNc1ccccc1C(=O)Nc1ccc(C)c(C)c1. The Morgan fingerprint density at radius 1 is 1.00 bits per heavy atom. The van der Waals surface area contributed by atoms with Gasteiger partial charge in [0.1, 0.15) is 0 Å². The summed E-state index contributed by atoms with van der Waals surface area (Å²) < 4.78 is 0. The number of hydrogen-bond donors (Lipinski definition) is 2. The lowest BCUT2D eigenvalue weighted by Crippen LogP contribution is -2.14. The maximum absolute atomic E-state index is 12.2. The van der Waals surface area contributed by atoms with Gasteiger partial charge in [0.05, 0.1) is 5.56 Å². The van der Waals surface area contributed by atoms with Crippen LogP contribution in [0.3, 0.4) is 0 Å². The monoisotopic (exact) mass is 254 g/mol. The van der Waals surface area contributed by atoms with Crippen LogP contribution in [0.5, 0.6) is 0 Å². The van der Waals surface area contributed by atoms with Crippen LogP contribution in [0.1, 0.15) is 21.5 Å². The molecule has 19 heavy (non-hydrogen) atoms. The minimum Gasteiger partial charge on any atom is -0.387 e. The average molecular weight is 254 g/mol. The van der Waals surface area contributed by atoms with E-state index in [0.717, 1.165) is 11.4 Å². The summed E-state index contributed by atoms with van der Waals surface area (Å²) in [5.41, 5.74) is 4.67. The van der Waals surface area contributed by atoms with E-state index in [2.05, 4.69) is 17.6 Å². The van der Waals surface area contributed by atoms with Crippen molar-refractivity contribution in [3.05, 3.63) is 59.2 Å². The van der Waals surface area contributed by atoms with Gasteiger partial charge in [-0.25, -0.2) is 0 Å². The molecule has 0 saturated heterocycles. The molecule has 0 aromatic heterocycles. The molecule has 0 radical (unpaired) electrons. The van der Waals surface area contributed by atoms with Crippen molar-refractivity contribution in [2.45, 2.75) is 13.8 Å². The number of hydrogen-bond acceptors (Lipinski definition) is 2. The molecule has 0 spiro atoms. The zero-order valence-corrected chi connectivity index (χ0v) is 11.4. The number of aryl methyl sites for hydroxylation is 2. The van der Waals surface area contributed by atoms with Gasteiger partial charge in [0.2, 0.25) is 0 Å². The summed E-state index contributed by atoms with van der Waals surface area (Å²) in [5.74, 6) is -0.104. The first-order chi connectivity index (χ1) is 9.11. The summed E-state index contributed by atoms with van der Waals surface area (Å²) in [6, 6.07) is 13.4. The highest BCUT2D eigenvalue weighted by molar-refractivity contribution is 6.08. The summed E-state index contributed by atoms with van der Waals surface area (Å²) in [4.78, 5) is 12.2.